The number of hydrogen-bond donors (Lipinski definition) is 1. The summed E-state index contributed by atoms with van der Waals surface area (Å²) in [5.74, 6) is 0.549. The molecule has 0 saturated heterocycles. The van der Waals surface area contributed by atoms with Gasteiger partial charge in [-0.2, -0.15) is 0 Å². The number of benzene rings is 2. The zero-order chi connectivity index (χ0) is 19.2. The van der Waals surface area contributed by atoms with Crippen molar-refractivity contribution in [3.8, 4) is 11.5 Å². The molecule has 7 nitrogen and oxygen atoms in total. The number of ether oxygens (including phenoxy) is 2. The van der Waals surface area contributed by atoms with E-state index in [1.807, 2.05) is 12.1 Å². The molecule has 142 valence electrons. The van der Waals surface area contributed by atoms with Crippen LogP contribution in [0, 0.1) is 0 Å². The third-order valence-electron chi connectivity index (χ3n) is 3.94. The largest absolute Gasteiger partial charge is 0.493 e. The molecule has 8 heteroatoms. The number of nitrogens with one attached hydrogen (secondary N) is 1. The second-order valence-corrected chi connectivity index (χ2v) is 6.17. The van der Waals surface area contributed by atoms with E-state index in [1.54, 1.807) is 37.4 Å². The number of aromatic nitrogens is 1. The van der Waals surface area contributed by atoms with Crippen molar-refractivity contribution in [1.82, 2.24) is 9.88 Å². The van der Waals surface area contributed by atoms with E-state index in [1.165, 1.54) is 4.57 Å². The van der Waals surface area contributed by atoms with Crippen LogP contribution in [0.2, 0.25) is 5.02 Å². The van der Waals surface area contributed by atoms with E-state index in [0.717, 1.165) is 0 Å². The Morgan fingerprint density at radius 1 is 1.22 bits per heavy atom. The fraction of sp³-hybridized carbons (Fsp3) is 0.263. The maximum absolute atomic E-state index is 12.0. The number of fused-ring (bicyclic) bond motifs is 1. The summed E-state index contributed by atoms with van der Waals surface area (Å²) in [5.41, 5.74) is 1.01. The molecule has 0 fully saturated rings. The van der Waals surface area contributed by atoms with Crippen LogP contribution in [0.15, 0.2) is 51.7 Å². The van der Waals surface area contributed by atoms with Crippen molar-refractivity contribution in [2.45, 2.75) is 13.0 Å². The molecule has 0 saturated carbocycles. The minimum atomic E-state index is -0.514. The Hall–Kier alpha value is -2.93. The van der Waals surface area contributed by atoms with Crippen molar-refractivity contribution in [3.05, 3.63) is 58.0 Å². The lowest BCUT2D eigenvalue weighted by Gasteiger charge is -2.11. The van der Waals surface area contributed by atoms with E-state index in [4.69, 9.17) is 25.5 Å². The van der Waals surface area contributed by atoms with Crippen LogP contribution >= 0.6 is 11.6 Å². The average Bonchev–Trinajstić information content (AvgIpc) is 2.97. The topological polar surface area (TPSA) is 82.7 Å². The van der Waals surface area contributed by atoms with Crippen molar-refractivity contribution < 1.29 is 18.7 Å². The molecule has 3 rings (SSSR count). The Morgan fingerprint density at radius 2 is 2.00 bits per heavy atom. The van der Waals surface area contributed by atoms with Crippen molar-refractivity contribution in [2.24, 2.45) is 0 Å². The van der Waals surface area contributed by atoms with Crippen molar-refractivity contribution in [3.63, 3.8) is 0 Å². The summed E-state index contributed by atoms with van der Waals surface area (Å²) < 4.78 is 17.3. The summed E-state index contributed by atoms with van der Waals surface area (Å²) in [7, 11) is 1.57. The Balaban J connectivity index is 1.48. The molecule has 0 aliphatic carbocycles. The summed E-state index contributed by atoms with van der Waals surface area (Å²) in [6.07, 6.45) is 0.145. The first-order chi connectivity index (χ1) is 13.1. The number of carbonyl (C=O) groups excluding carboxylic acids is 1. The van der Waals surface area contributed by atoms with Gasteiger partial charge in [-0.3, -0.25) is 9.36 Å². The molecular weight excluding hydrogens is 372 g/mol. The maximum atomic E-state index is 12.0. The van der Waals surface area contributed by atoms with Crippen LogP contribution in [0.1, 0.15) is 6.42 Å². The Kier molecular flexibility index (Phi) is 6.03. The minimum Gasteiger partial charge on any atom is -0.493 e. The van der Waals surface area contributed by atoms with Crippen LogP contribution in [-0.2, 0) is 11.3 Å². The zero-order valence-corrected chi connectivity index (χ0v) is 15.5. The lowest BCUT2D eigenvalue weighted by Crippen LogP contribution is -2.29. The number of oxazole rings is 1. The van der Waals surface area contributed by atoms with Gasteiger partial charge in [0.05, 0.1) is 19.2 Å². The molecule has 0 aliphatic heterocycles. The second-order valence-electron chi connectivity index (χ2n) is 5.73. The maximum Gasteiger partial charge on any atom is 0.419 e. The van der Waals surface area contributed by atoms with Gasteiger partial charge in [0, 0.05) is 24.1 Å². The number of nitrogens with zero attached hydrogens (tertiary/aromatic N) is 1. The first-order valence-electron chi connectivity index (χ1n) is 8.40. The Labute approximate surface area is 160 Å². The van der Waals surface area contributed by atoms with Crippen LogP contribution in [0.5, 0.6) is 11.5 Å². The monoisotopic (exact) mass is 390 g/mol. The van der Waals surface area contributed by atoms with E-state index < -0.39 is 5.76 Å². The predicted octanol–water partition coefficient (Wildman–Crippen LogP) is 2.84. The second kappa shape index (κ2) is 8.64. The van der Waals surface area contributed by atoms with Gasteiger partial charge in [-0.1, -0.05) is 23.7 Å². The highest BCUT2D eigenvalue weighted by Gasteiger charge is 2.11. The fourth-order valence-corrected chi connectivity index (χ4v) is 2.81. The minimum absolute atomic E-state index is 0.145. The van der Waals surface area contributed by atoms with Crippen LogP contribution in [0.25, 0.3) is 11.1 Å². The Morgan fingerprint density at radius 3 is 2.78 bits per heavy atom. The third kappa shape index (κ3) is 4.62. The third-order valence-corrected chi connectivity index (χ3v) is 4.18. The molecule has 0 bridgehead atoms. The van der Waals surface area contributed by atoms with Gasteiger partial charge >= 0.3 is 5.76 Å². The predicted molar refractivity (Wildman–Crippen MR) is 102 cm³/mol. The quantitative estimate of drug-likeness (QED) is 0.598. The highest BCUT2D eigenvalue weighted by Crippen LogP contribution is 2.25. The van der Waals surface area contributed by atoms with Gasteiger partial charge in [-0.05, 0) is 24.3 Å². The molecular formula is C19H19ClN2O5. The number of amides is 1. The van der Waals surface area contributed by atoms with E-state index in [9.17, 15) is 9.59 Å². The van der Waals surface area contributed by atoms with Crippen LogP contribution in [0.4, 0.5) is 0 Å². The number of methoxy groups -OCH3 is 1. The highest BCUT2D eigenvalue weighted by molar-refractivity contribution is 6.31. The smallest absolute Gasteiger partial charge is 0.419 e. The van der Waals surface area contributed by atoms with Crippen LogP contribution in [0.3, 0.4) is 0 Å². The van der Waals surface area contributed by atoms with Gasteiger partial charge in [-0.15, -0.1) is 0 Å². The molecule has 0 spiro atoms. The molecule has 0 aliphatic rings. The van der Waals surface area contributed by atoms with E-state index in [2.05, 4.69) is 5.32 Å². The number of carbonyl (C=O) groups is 1. The summed E-state index contributed by atoms with van der Waals surface area (Å²) in [4.78, 5) is 23.9. The van der Waals surface area contributed by atoms with Crippen LogP contribution in [-0.4, -0.2) is 30.7 Å². The molecule has 0 radical (unpaired) electrons. The number of para-hydroxylation sites is 2. The summed E-state index contributed by atoms with van der Waals surface area (Å²) >= 11 is 5.89. The van der Waals surface area contributed by atoms with Gasteiger partial charge in [0.25, 0.3) is 0 Å². The molecule has 3 aromatic rings. The molecule has 1 N–H and O–H groups in total. The van der Waals surface area contributed by atoms with Crippen LogP contribution < -0.4 is 20.5 Å². The van der Waals surface area contributed by atoms with Crippen molar-refractivity contribution in [1.29, 1.82) is 0 Å². The lowest BCUT2D eigenvalue weighted by molar-refractivity contribution is -0.121. The van der Waals surface area contributed by atoms with E-state index in [-0.39, 0.29) is 18.9 Å². The fourth-order valence-electron chi connectivity index (χ4n) is 2.64. The molecule has 1 heterocycles. The molecule has 0 unspecified atom stereocenters. The van der Waals surface area contributed by atoms with Gasteiger partial charge in [0.2, 0.25) is 5.91 Å². The first-order valence-corrected chi connectivity index (χ1v) is 8.77. The highest BCUT2D eigenvalue weighted by atomic mass is 35.5. The number of rotatable bonds is 8. The van der Waals surface area contributed by atoms with Gasteiger partial charge in [0.1, 0.15) is 6.61 Å². The summed E-state index contributed by atoms with van der Waals surface area (Å²) in [6, 6.07) is 12.2. The van der Waals surface area contributed by atoms with E-state index in [0.29, 0.717) is 40.8 Å². The standard InChI is InChI=1S/C19H19ClN2O5/c1-25-15-4-2-3-5-16(15)26-11-9-21-18(23)8-10-22-14-7-6-13(20)12-17(14)27-19(22)24/h2-7,12H,8-11H2,1H3,(H,21,23). The number of halogens is 1. The molecule has 0 atom stereocenters. The number of hydrogen-bond acceptors (Lipinski definition) is 5. The molecule has 2 aromatic carbocycles. The number of aryl methyl sites for hydroxylation is 1. The van der Waals surface area contributed by atoms with Crippen molar-refractivity contribution in [2.75, 3.05) is 20.3 Å². The van der Waals surface area contributed by atoms with Gasteiger partial charge < -0.3 is 19.2 Å². The normalized spacial score (nSPS) is 10.7. The summed E-state index contributed by atoms with van der Waals surface area (Å²) in [6.45, 7) is 0.861. The van der Waals surface area contributed by atoms with Gasteiger partial charge in [0.15, 0.2) is 17.1 Å². The van der Waals surface area contributed by atoms with Crippen molar-refractivity contribution >= 4 is 28.6 Å². The Bertz CT molecular complexity index is 995. The zero-order valence-electron chi connectivity index (χ0n) is 14.7. The lowest BCUT2D eigenvalue weighted by atomic mass is 10.3. The first kappa shape index (κ1) is 18.8. The average molecular weight is 391 g/mol. The summed E-state index contributed by atoms with van der Waals surface area (Å²) in [5, 5.41) is 3.24. The molecule has 27 heavy (non-hydrogen) atoms. The van der Waals surface area contributed by atoms with Gasteiger partial charge in [-0.25, -0.2) is 4.79 Å². The van der Waals surface area contributed by atoms with E-state index >= 15 is 0 Å². The molecule has 1 amide bonds. The SMILES string of the molecule is COc1ccccc1OCCNC(=O)CCn1c(=O)oc2cc(Cl)ccc21. The molecule has 1 aromatic heterocycles.